The molecule has 0 aromatic rings. The van der Waals surface area contributed by atoms with Gasteiger partial charge in [-0.2, -0.15) is 0 Å². The van der Waals surface area contributed by atoms with Gasteiger partial charge in [0.15, 0.2) is 0 Å². The number of amides is 1. The average molecular weight is 262 g/mol. The van der Waals surface area contributed by atoms with E-state index < -0.39 is 0 Å². The normalized spacial score (nSPS) is 43.3. The van der Waals surface area contributed by atoms with Crippen LogP contribution in [0.15, 0.2) is 11.6 Å². The van der Waals surface area contributed by atoms with Crippen LogP contribution in [0.2, 0.25) is 0 Å². The third-order valence-electron chi connectivity index (χ3n) is 5.94. The zero-order chi connectivity index (χ0) is 14.0. The Bertz CT molecular complexity index is 456. The topological polar surface area (TPSA) is 46.3 Å². The second kappa shape index (κ2) is 3.85. The molecular formula is C16H26N2O. The maximum atomic E-state index is 12.3. The molecule has 2 N–H and O–H groups in total. The molecule has 1 saturated carbocycles. The van der Waals surface area contributed by atoms with E-state index in [4.69, 9.17) is 5.73 Å². The molecule has 1 heterocycles. The van der Waals surface area contributed by atoms with E-state index in [9.17, 15) is 4.79 Å². The molecule has 3 nitrogen and oxygen atoms in total. The highest BCUT2D eigenvalue weighted by molar-refractivity contribution is 5.83. The molecule has 3 rings (SSSR count). The Hall–Kier alpha value is -0.830. The highest BCUT2D eigenvalue weighted by Crippen LogP contribution is 2.77. The lowest BCUT2D eigenvalue weighted by atomic mass is 9.77. The lowest BCUT2D eigenvalue weighted by Gasteiger charge is -2.33. The molecular weight excluding hydrogens is 236 g/mol. The highest BCUT2D eigenvalue weighted by Gasteiger charge is 2.78. The van der Waals surface area contributed by atoms with Crippen LogP contribution in [0.1, 0.15) is 40.5 Å². The number of hydrogen-bond acceptors (Lipinski definition) is 2. The molecule has 106 valence electrons. The van der Waals surface area contributed by atoms with E-state index in [1.165, 1.54) is 18.4 Å². The second-order valence-electron chi connectivity index (χ2n) is 6.98. The molecule has 2 fully saturated rings. The lowest BCUT2D eigenvalue weighted by Crippen LogP contribution is -2.46. The van der Waals surface area contributed by atoms with Crippen LogP contribution in [0.4, 0.5) is 0 Å². The summed E-state index contributed by atoms with van der Waals surface area (Å²) in [5.41, 5.74) is 7.43. The standard InChI is InChI=1S/C16H26N2O/c1-5-12-9-18(14(19)8-17)16(7-13(16)10(2)3)15(12)6-11(15)4/h7,10-12H,5-6,8-9,17H2,1-4H3/t11-,12?,15+,16?/m1/s1. The van der Waals surface area contributed by atoms with Crippen molar-refractivity contribution in [2.24, 2.45) is 28.9 Å². The molecule has 1 saturated heterocycles. The van der Waals surface area contributed by atoms with Gasteiger partial charge in [0.05, 0.1) is 12.1 Å². The zero-order valence-corrected chi connectivity index (χ0v) is 12.6. The number of likely N-dealkylation sites (tertiary alicyclic amines) is 1. The largest absolute Gasteiger partial charge is 0.328 e. The van der Waals surface area contributed by atoms with Crippen molar-refractivity contribution in [1.82, 2.24) is 4.90 Å². The summed E-state index contributed by atoms with van der Waals surface area (Å²) in [5.74, 6) is 2.04. The summed E-state index contributed by atoms with van der Waals surface area (Å²) in [6, 6.07) is 0. The molecule has 0 aromatic heterocycles. The van der Waals surface area contributed by atoms with Crippen molar-refractivity contribution in [3.63, 3.8) is 0 Å². The Morgan fingerprint density at radius 3 is 2.58 bits per heavy atom. The number of hydrogen-bond donors (Lipinski definition) is 1. The van der Waals surface area contributed by atoms with Crippen LogP contribution in [0.3, 0.4) is 0 Å². The maximum absolute atomic E-state index is 12.3. The molecule has 1 amide bonds. The van der Waals surface area contributed by atoms with E-state index >= 15 is 0 Å². The predicted molar refractivity (Wildman–Crippen MR) is 76.4 cm³/mol. The quantitative estimate of drug-likeness (QED) is 0.792. The monoisotopic (exact) mass is 262 g/mol. The molecule has 3 aliphatic rings. The van der Waals surface area contributed by atoms with Crippen LogP contribution in [0.5, 0.6) is 0 Å². The Balaban J connectivity index is 1.99. The van der Waals surface area contributed by atoms with Crippen molar-refractivity contribution in [3.05, 3.63) is 11.6 Å². The van der Waals surface area contributed by atoms with Gasteiger partial charge in [0, 0.05) is 12.0 Å². The molecule has 0 aromatic carbocycles. The molecule has 0 radical (unpaired) electrons. The predicted octanol–water partition coefficient (Wildman–Crippen LogP) is 2.17. The van der Waals surface area contributed by atoms with E-state index in [1.54, 1.807) is 0 Å². The summed E-state index contributed by atoms with van der Waals surface area (Å²) < 4.78 is 0. The second-order valence-corrected chi connectivity index (χ2v) is 6.98. The van der Waals surface area contributed by atoms with Gasteiger partial charge in [-0.25, -0.2) is 0 Å². The third kappa shape index (κ3) is 1.35. The average Bonchev–Trinajstić information content (AvgIpc) is 3.22. The van der Waals surface area contributed by atoms with E-state index in [0.717, 1.165) is 12.5 Å². The van der Waals surface area contributed by atoms with Gasteiger partial charge in [-0.05, 0) is 29.7 Å². The van der Waals surface area contributed by atoms with E-state index in [1.807, 2.05) is 0 Å². The van der Waals surface area contributed by atoms with Gasteiger partial charge in [0.2, 0.25) is 5.91 Å². The first kappa shape index (κ1) is 13.2. The number of carbonyl (C=O) groups excluding carboxylic acids is 1. The minimum Gasteiger partial charge on any atom is -0.328 e. The van der Waals surface area contributed by atoms with Crippen molar-refractivity contribution in [1.29, 1.82) is 0 Å². The van der Waals surface area contributed by atoms with Crippen molar-refractivity contribution in [3.8, 4) is 0 Å². The van der Waals surface area contributed by atoms with Crippen LogP contribution in [0, 0.1) is 23.2 Å². The fourth-order valence-electron chi connectivity index (χ4n) is 4.97. The van der Waals surface area contributed by atoms with Gasteiger partial charge in [0.25, 0.3) is 0 Å². The first-order valence-corrected chi connectivity index (χ1v) is 7.69. The Morgan fingerprint density at radius 1 is 1.58 bits per heavy atom. The molecule has 2 unspecified atom stereocenters. The van der Waals surface area contributed by atoms with Crippen molar-refractivity contribution in [2.45, 2.75) is 46.1 Å². The maximum Gasteiger partial charge on any atom is 0.237 e. The molecule has 2 spiro atoms. The first-order chi connectivity index (χ1) is 8.95. The molecule has 4 atom stereocenters. The number of nitrogens with two attached hydrogens (primary N) is 1. The fraction of sp³-hybridized carbons (Fsp3) is 0.812. The summed E-state index contributed by atoms with van der Waals surface area (Å²) in [5, 5.41) is 0. The van der Waals surface area contributed by atoms with Gasteiger partial charge in [-0.15, -0.1) is 0 Å². The Labute approximate surface area is 116 Å². The van der Waals surface area contributed by atoms with Crippen molar-refractivity contribution in [2.75, 3.05) is 13.1 Å². The number of nitrogens with zero attached hydrogens (tertiary/aromatic N) is 1. The lowest BCUT2D eigenvalue weighted by molar-refractivity contribution is -0.131. The van der Waals surface area contributed by atoms with Gasteiger partial charge in [-0.3, -0.25) is 4.79 Å². The van der Waals surface area contributed by atoms with Crippen LogP contribution in [-0.2, 0) is 4.79 Å². The third-order valence-corrected chi connectivity index (χ3v) is 5.94. The van der Waals surface area contributed by atoms with Crippen molar-refractivity contribution >= 4 is 5.91 Å². The summed E-state index contributed by atoms with van der Waals surface area (Å²) >= 11 is 0. The Morgan fingerprint density at radius 2 is 2.21 bits per heavy atom. The highest BCUT2D eigenvalue weighted by atomic mass is 16.2. The van der Waals surface area contributed by atoms with Gasteiger partial charge in [-0.1, -0.05) is 40.2 Å². The van der Waals surface area contributed by atoms with Crippen LogP contribution >= 0.6 is 0 Å². The Kier molecular flexibility index (Phi) is 2.66. The van der Waals surface area contributed by atoms with Crippen LogP contribution in [0.25, 0.3) is 0 Å². The summed E-state index contributed by atoms with van der Waals surface area (Å²) in [6.07, 6.45) is 4.82. The van der Waals surface area contributed by atoms with Gasteiger partial charge < -0.3 is 10.6 Å². The van der Waals surface area contributed by atoms with Crippen LogP contribution < -0.4 is 5.73 Å². The molecule has 2 aliphatic carbocycles. The van der Waals surface area contributed by atoms with Gasteiger partial charge >= 0.3 is 0 Å². The SMILES string of the molecule is CCC1CN(C(=O)CN)C2(C=C2C(C)C)[C@]12C[C@H]2C. The van der Waals surface area contributed by atoms with Crippen molar-refractivity contribution < 1.29 is 4.79 Å². The molecule has 1 aliphatic heterocycles. The van der Waals surface area contributed by atoms with E-state index in [0.29, 0.717) is 17.3 Å². The molecule has 0 bridgehead atoms. The summed E-state index contributed by atoms with van der Waals surface area (Å²) in [6.45, 7) is 10.1. The number of fused-ring (bicyclic) bond motifs is 1. The van der Waals surface area contributed by atoms with Gasteiger partial charge in [0.1, 0.15) is 0 Å². The minimum absolute atomic E-state index is 0.0300. The molecule has 3 heteroatoms. The summed E-state index contributed by atoms with van der Waals surface area (Å²) in [4.78, 5) is 14.4. The smallest absolute Gasteiger partial charge is 0.237 e. The molecule has 19 heavy (non-hydrogen) atoms. The minimum atomic E-state index is -0.0300. The van der Waals surface area contributed by atoms with Crippen LogP contribution in [-0.4, -0.2) is 29.4 Å². The zero-order valence-electron chi connectivity index (χ0n) is 12.6. The van der Waals surface area contributed by atoms with E-state index in [-0.39, 0.29) is 18.0 Å². The fourth-order valence-corrected chi connectivity index (χ4v) is 4.97. The summed E-state index contributed by atoms with van der Waals surface area (Å²) in [7, 11) is 0. The number of carbonyl (C=O) groups is 1. The van der Waals surface area contributed by atoms with E-state index in [2.05, 4.69) is 38.7 Å². The number of rotatable bonds is 3. The first-order valence-electron chi connectivity index (χ1n) is 7.69.